The molecule has 1 unspecified atom stereocenters. The lowest BCUT2D eigenvalue weighted by molar-refractivity contribution is 1.31. The second-order valence-electron chi connectivity index (χ2n) is 1.53. The first-order valence-corrected chi connectivity index (χ1v) is 3.52. The Hall–Kier alpha value is 0.430. The first-order chi connectivity index (χ1) is 2.77. The molecule has 0 aromatic rings. The SMILES string of the molecule is CCP[C-](C)C. The molecule has 0 aromatic heterocycles. The lowest BCUT2D eigenvalue weighted by atomic mass is 10.6. The van der Waals surface area contributed by atoms with Crippen molar-refractivity contribution in [1.29, 1.82) is 0 Å². The van der Waals surface area contributed by atoms with Gasteiger partial charge >= 0.3 is 0 Å². The average molecular weight is 103 g/mol. The van der Waals surface area contributed by atoms with Crippen LogP contribution in [0.5, 0.6) is 0 Å². The van der Waals surface area contributed by atoms with Gasteiger partial charge in [-0.25, -0.2) is 0 Å². The molecule has 0 N–H and O–H groups in total. The maximum Gasteiger partial charge on any atom is -0.0640 e. The Morgan fingerprint density at radius 2 is 2.00 bits per heavy atom. The van der Waals surface area contributed by atoms with Gasteiger partial charge in [-0.05, 0) is 0 Å². The Morgan fingerprint density at radius 1 is 1.50 bits per heavy atom. The van der Waals surface area contributed by atoms with Crippen molar-refractivity contribution in [2.45, 2.75) is 20.8 Å². The minimum atomic E-state index is 1.09. The van der Waals surface area contributed by atoms with Crippen LogP contribution in [0.4, 0.5) is 0 Å². The second-order valence-corrected chi connectivity index (χ2v) is 3.59. The van der Waals surface area contributed by atoms with E-state index in [0.717, 1.165) is 8.58 Å². The van der Waals surface area contributed by atoms with E-state index in [4.69, 9.17) is 0 Å². The lowest BCUT2D eigenvalue weighted by Crippen LogP contribution is -1.69. The number of hydrogen-bond acceptors (Lipinski definition) is 0. The van der Waals surface area contributed by atoms with Crippen molar-refractivity contribution in [2.24, 2.45) is 0 Å². The molecule has 0 rings (SSSR count). The van der Waals surface area contributed by atoms with Crippen LogP contribution in [0.15, 0.2) is 0 Å². The van der Waals surface area contributed by atoms with Gasteiger partial charge in [0.2, 0.25) is 0 Å². The summed E-state index contributed by atoms with van der Waals surface area (Å²) in [7, 11) is 1.09. The zero-order chi connectivity index (χ0) is 4.99. The molecule has 0 aliphatic heterocycles. The van der Waals surface area contributed by atoms with Gasteiger partial charge in [-0.15, -0.1) is 0 Å². The highest BCUT2D eigenvalue weighted by molar-refractivity contribution is 7.41. The Balaban J connectivity index is 2.63. The van der Waals surface area contributed by atoms with Gasteiger partial charge < -0.3 is 0 Å². The van der Waals surface area contributed by atoms with Gasteiger partial charge in [0.05, 0.1) is 0 Å². The van der Waals surface area contributed by atoms with Crippen molar-refractivity contribution in [3.8, 4) is 0 Å². The fourth-order valence-electron chi connectivity index (χ4n) is 0.354. The van der Waals surface area contributed by atoms with Gasteiger partial charge in [0.1, 0.15) is 0 Å². The molecular weight excluding hydrogens is 91.0 g/mol. The second kappa shape index (κ2) is 3.61. The number of rotatable bonds is 2. The minimum Gasteiger partial charge on any atom is -0.296 e. The largest absolute Gasteiger partial charge is 0.296 e. The van der Waals surface area contributed by atoms with E-state index in [-0.39, 0.29) is 0 Å². The van der Waals surface area contributed by atoms with Crippen molar-refractivity contribution in [2.75, 3.05) is 6.16 Å². The quantitative estimate of drug-likeness (QED) is 0.371. The van der Waals surface area contributed by atoms with Crippen molar-refractivity contribution < 1.29 is 0 Å². The van der Waals surface area contributed by atoms with Crippen LogP contribution in [-0.2, 0) is 0 Å². The van der Waals surface area contributed by atoms with E-state index < -0.39 is 0 Å². The molecule has 0 amide bonds. The van der Waals surface area contributed by atoms with E-state index >= 15 is 0 Å². The molecule has 0 aliphatic carbocycles. The van der Waals surface area contributed by atoms with E-state index in [1.807, 2.05) is 0 Å². The molecule has 0 fully saturated rings. The number of hydrogen-bond donors (Lipinski definition) is 0. The van der Waals surface area contributed by atoms with E-state index in [0.29, 0.717) is 0 Å². The topological polar surface area (TPSA) is 0 Å². The van der Waals surface area contributed by atoms with Crippen LogP contribution < -0.4 is 0 Å². The molecular formula is C5H12P-. The maximum atomic E-state index is 2.21. The van der Waals surface area contributed by atoms with Gasteiger partial charge in [0.25, 0.3) is 0 Å². The van der Waals surface area contributed by atoms with E-state index in [1.54, 1.807) is 5.66 Å². The van der Waals surface area contributed by atoms with Gasteiger partial charge in [-0.1, -0.05) is 13.1 Å². The molecule has 0 spiro atoms. The fourth-order valence-corrected chi connectivity index (χ4v) is 1.06. The lowest BCUT2D eigenvalue weighted by Gasteiger charge is -2.14. The molecule has 0 bridgehead atoms. The summed E-state index contributed by atoms with van der Waals surface area (Å²) < 4.78 is 0. The first kappa shape index (κ1) is 6.43. The van der Waals surface area contributed by atoms with Crippen molar-refractivity contribution >= 4 is 8.58 Å². The Morgan fingerprint density at radius 3 is 2.00 bits per heavy atom. The third-order valence-corrected chi connectivity index (χ3v) is 1.59. The molecule has 0 aromatic carbocycles. The smallest absolute Gasteiger partial charge is 0.0640 e. The summed E-state index contributed by atoms with van der Waals surface area (Å²) in [5.74, 6) is 0. The summed E-state index contributed by atoms with van der Waals surface area (Å²) in [6.45, 7) is 6.58. The molecule has 0 saturated heterocycles. The Kier molecular flexibility index (Phi) is 3.87. The van der Waals surface area contributed by atoms with Gasteiger partial charge in [0.15, 0.2) is 0 Å². The highest BCUT2D eigenvalue weighted by Gasteiger charge is 1.68. The summed E-state index contributed by atoms with van der Waals surface area (Å²) in [5.41, 5.74) is 1.57. The van der Waals surface area contributed by atoms with E-state index in [1.165, 1.54) is 6.16 Å². The van der Waals surface area contributed by atoms with Crippen molar-refractivity contribution in [3.05, 3.63) is 5.66 Å². The predicted molar refractivity (Wildman–Crippen MR) is 33.4 cm³/mol. The van der Waals surface area contributed by atoms with Crippen LogP contribution in [0, 0.1) is 5.66 Å². The van der Waals surface area contributed by atoms with E-state index in [2.05, 4.69) is 20.8 Å². The molecule has 6 heavy (non-hydrogen) atoms. The normalized spacial score (nSPS) is 12.0. The van der Waals surface area contributed by atoms with Crippen LogP contribution >= 0.6 is 8.58 Å². The highest BCUT2D eigenvalue weighted by Crippen LogP contribution is 2.23. The zero-order valence-corrected chi connectivity index (χ0v) is 5.71. The van der Waals surface area contributed by atoms with Gasteiger partial charge in [0, 0.05) is 0 Å². The zero-order valence-electron chi connectivity index (χ0n) is 4.71. The molecule has 0 radical (unpaired) electrons. The van der Waals surface area contributed by atoms with Crippen LogP contribution in [0.2, 0.25) is 0 Å². The fraction of sp³-hybridized carbons (Fsp3) is 0.800. The van der Waals surface area contributed by atoms with Crippen LogP contribution in [0.3, 0.4) is 0 Å². The third-order valence-electron chi connectivity index (χ3n) is 0.530. The molecule has 0 nitrogen and oxygen atoms in total. The van der Waals surface area contributed by atoms with Crippen LogP contribution in [0.1, 0.15) is 20.8 Å². The summed E-state index contributed by atoms with van der Waals surface area (Å²) in [6.07, 6.45) is 1.32. The maximum absolute atomic E-state index is 2.21. The van der Waals surface area contributed by atoms with Gasteiger partial charge in [-0.2, -0.15) is 13.8 Å². The summed E-state index contributed by atoms with van der Waals surface area (Å²) in [5, 5.41) is 0. The van der Waals surface area contributed by atoms with Gasteiger partial charge in [-0.3, -0.25) is 14.2 Å². The summed E-state index contributed by atoms with van der Waals surface area (Å²) in [6, 6.07) is 0. The van der Waals surface area contributed by atoms with Crippen molar-refractivity contribution in [3.63, 3.8) is 0 Å². The molecule has 0 heterocycles. The van der Waals surface area contributed by atoms with Crippen LogP contribution in [-0.4, -0.2) is 6.16 Å². The Labute approximate surface area is 42.1 Å². The molecule has 0 saturated carbocycles. The minimum absolute atomic E-state index is 1.09. The third kappa shape index (κ3) is 4.43. The summed E-state index contributed by atoms with van der Waals surface area (Å²) in [4.78, 5) is 0. The molecule has 1 heteroatoms. The monoisotopic (exact) mass is 103 g/mol. The predicted octanol–water partition coefficient (Wildman–Crippen LogP) is 2.26. The van der Waals surface area contributed by atoms with Crippen LogP contribution in [0.25, 0.3) is 0 Å². The Bertz CT molecular complexity index is 25.1. The summed E-state index contributed by atoms with van der Waals surface area (Å²) >= 11 is 0. The molecule has 1 atom stereocenters. The molecule has 38 valence electrons. The molecule has 0 aliphatic rings. The van der Waals surface area contributed by atoms with Crippen molar-refractivity contribution in [1.82, 2.24) is 0 Å². The first-order valence-electron chi connectivity index (χ1n) is 2.31. The standard InChI is InChI=1S/C5H12P/c1-4-6-5(2)3/h6H,4H2,1-3H3/q-1. The average Bonchev–Trinajstić information content (AvgIpc) is 1.35. The highest BCUT2D eigenvalue weighted by atomic mass is 31.1. The van der Waals surface area contributed by atoms with E-state index in [9.17, 15) is 0 Å².